The van der Waals surface area contributed by atoms with Crippen molar-refractivity contribution in [2.75, 3.05) is 0 Å². The van der Waals surface area contributed by atoms with E-state index in [4.69, 9.17) is 13.7 Å². The molecule has 0 atom stereocenters. The van der Waals surface area contributed by atoms with Crippen molar-refractivity contribution in [1.82, 2.24) is 10.1 Å². The Morgan fingerprint density at radius 1 is 1.16 bits per heavy atom. The molecule has 0 saturated heterocycles. The summed E-state index contributed by atoms with van der Waals surface area (Å²) in [6.45, 7) is 0.0723. The van der Waals surface area contributed by atoms with Crippen LogP contribution in [0, 0.1) is 0 Å². The fourth-order valence-electron chi connectivity index (χ4n) is 2.38. The van der Waals surface area contributed by atoms with E-state index in [9.17, 15) is 4.79 Å². The zero-order valence-electron chi connectivity index (χ0n) is 13.2. The summed E-state index contributed by atoms with van der Waals surface area (Å²) in [6, 6.07) is 13.2. The molecule has 4 aromatic rings. The first kappa shape index (κ1) is 15.6. The Morgan fingerprint density at radius 3 is 2.92 bits per heavy atom. The minimum Gasteiger partial charge on any atom is -0.461 e. The normalized spacial score (nSPS) is 11.0. The molecule has 0 fully saturated rings. The van der Waals surface area contributed by atoms with Crippen molar-refractivity contribution in [3.63, 3.8) is 0 Å². The SMILES string of the molecule is O=C(CCc1nc2ccccc2s1)OCc1cc(-c2ccco2)on1. The fourth-order valence-corrected chi connectivity index (χ4v) is 3.34. The van der Waals surface area contributed by atoms with Gasteiger partial charge in [0.05, 0.1) is 27.9 Å². The molecule has 1 aromatic carbocycles. The Hall–Kier alpha value is -2.93. The zero-order valence-corrected chi connectivity index (χ0v) is 14.0. The van der Waals surface area contributed by atoms with E-state index in [0.717, 1.165) is 15.2 Å². The highest BCUT2D eigenvalue weighted by molar-refractivity contribution is 7.18. The second kappa shape index (κ2) is 6.90. The summed E-state index contributed by atoms with van der Waals surface area (Å²) in [5, 5.41) is 4.80. The minimum absolute atomic E-state index is 0.0723. The van der Waals surface area contributed by atoms with Crippen LogP contribution in [0.5, 0.6) is 0 Å². The largest absolute Gasteiger partial charge is 0.461 e. The number of rotatable bonds is 6. The number of esters is 1. The van der Waals surface area contributed by atoms with Crippen LogP contribution in [0.2, 0.25) is 0 Å². The van der Waals surface area contributed by atoms with Crippen LogP contribution in [0.25, 0.3) is 21.7 Å². The molecule has 0 radical (unpaired) electrons. The first-order valence-corrected chi connectivity index (χ1v) is 8.59. The maximum absolute atomic E-state index is 11.9. The van der Waals surface area contributed by atoms with E-state index in [-0.39, 0.29) is 19.0 Å². The molecule has 3 aromatic heterocycles. The molecule has 0 spiro atoms. The van der Waals surface area contributed by atoms with Gasteiger partial charge in [-0.05, 0) is 24.3 Å². The maximum atomic E-state index is 11.9. The van der Waals surface area contributed by atoms with Gasteiger partial charge in [0, 0.05) is 12.5 Å². The van der Waals surface area contributed by atoms with Crippen LogP contribution in [0.3, 0.4) is 0 Å². The summed E-state index contributed by atoms with van der Waals surface area (Å²) < 4.78 is 16.7. The quantitative estimate of drug-likeness (QED) is 0.482. The van der Waals surface area contributed by atoms with Crippen molar-refractivity contribution < 1.29 is 18.5 Å². The Labute approximate surface area is 147 Å². The molecular weight excluding hydrogens is 340 g/mol. The molecular formula is C18H14N2O4S. The lowest BCUT2D eigenvalue weighted by Gasteiger charge is -2.00. The van der Waals surface area contributed by atoms with Gasteiger partial charge < -0.3 is 13.7 Å². The molecule has 0 amide bonds. The third-order valence-corrected chi connectivity index (χ3v) is 4.68. The topological polar surface area (TPSA) is 78.4 Å². The number of ether oxygens (including phenoxy) is 1. The second-order valence-electron chi connectivity index (χ2n) is 5.40. The standard InChI is InChI=1S/C18H14N2O4S/c21-18(8-7-17-19-13-4-1-2-6-16(13)25-17)23-11-12-10-15(24-20-12)14-5-3-9-22-14/h1-6,9-10H,7-8,11H2. The molecule has 0 aliphatic heterocycles. The molecule has 0 aliphatic carbocycles. The van der Waals surface area contributed by atoms with Gasteiger partial charge in [0.15, 0.2) is 5.76 Å². The van der Waals surface area contributed by atoms with Gasteiger partial charge in [-0.2, -0.15) is 0 Å². The molecule has 0 unspecified atom stereocenters. The highest BCUT2D eigenvalue weighted by atomic mass is 32.1. The van der Waals surface area contributed by atoms with Crippen molar-refractivity contribution in [2.24, 2.45) is 0 Å². The van der Waals surface area contributed by atoms with E-state index in [1.807, 2.05) is 24.3 Å². The lowest BCUT2D eigenvalue weighted by atomic mass is 10.3. The number of hydrogen-bond donors (Lipinski definition) is 0. The number of aryl methyl sites for hydroxylation is 1. The Bertz CT molecular complexity index is 955. The Balaban J connectivity index is 1.29. The maximum Gasteiger partial charge on any atom is 0.306 e. The predicted octanol–water partition coefficient (Wildman–Crippen LogP) is 4.22. The van der Waals surface area contributed by atoms with Crippen LogP contribution < -0.4 is 0 Å². The molecule has 6 nitrogen and oxygen atoms in total. The van der Waals surface area contributed by atoms with Gasteiger partial charge in [0.2, 0.25) is 5.76 Å². The number of fused-ring (bicyclic) bond motifs is 1. The average molecular weight is 354 g/mol. The number of aromatic nitrogens is 2. The molecule has 0 aliphatic rings. The molecule has 0 bridgehead atoms. The summed E-state index contributed by atoms with van der Waals surface area (Å²) in [7, 11) is 0. The van der Waals surface area contributed by atoms with E-state index in [1.165, 1.54) is 0 Å². The van der Waals surface area contributed by atoms with Gasteiger partial charge in [0.25, 0.3) is 0 Å². The lowest BCUT2D eigenvalue weighted by molar-refractivity contribution is -0.145. The average Bonchev–Trinajstić information content (AvgIpc) is 3.37. The van der Waals surface area contributed by atoms with Gasteiger partial charge in [-0.15, -0.1) is 11.3 Å². The minimum atomic E-state index is -0.290. The van der Waals surface area contributed by atoms with Crippen molar-refractivity contribution >= 4 is 27.5 Å². The van der Waals surface area contributed by atoms with Crippen molar-refractivity contribution in [1.29, 1.82) is 0 Å². The van der Waals surface area contributed by atoms with E-state index in [2.05, 4.69) is 10.1 Å². The highest BCUT2D eigenvalue weighted by Gasteiger charge is 2.12. The van der Waals surface area contributed by atoms with E-state index in [0.29, 0.717) is 23.6 Å². The number of benzene rings is 1. The van der Waals surface area contributed by atoms with Crippen molar-refractivity contribution in [2.45, 2.75) is 19.4 Å². The summed E-state index contributed by atoms with van der Waals surface area (Å²) in [5.74, 6) is 0.799. The van der Waals surface area contributed by atoms with E-state index < -0.39 is 0 Å². The number of para-hydroxylation sites is 1. The Morgan fingerprint density at radius 2 is 2.08 bits per heavy atom. The Kier molecular flexibility index (Phi) is 4.30. The molecule has 7 heteroatoms. The number of hydrogen-bond acceptors (Lipinski definition) is 7. The summed E-state index contributed by atoms with van der Waals surface area (Å²) >= 11 is 1.60. The summed E-state index contributed by atoms with van der Waals surface area (Å²) in [4.78, 5) is 16.4. The summed E-state index contributed by atoms with van der Waals surface area (Å²) in [5.41, 5.74) is 1.50. The molecule has 25 heavy (non-hydrogen) atoms. The first-order valence-electron chi connectivity index (χ1n) is 7.77. The number of furan rings is 1. The second-order valence-corrected chi connectivity index (χ2v) is 6.51. The van der Waals surface area contributed by atoms with Gasteiger partial charge >= 0.3 is 5.97 Å². The smallest absolute Gasteiger partial charge is 0.306 e. The number of carbonyl (C=O) groups is 1. The van der Waals surface area contributed by atoms with Crippen molar-refractivity contribution in [3.05, 3.63) is 59.4 Å². The molecule has 0 N–H and O–H groups in total. The number of nitrogens with zero attached hydrogens (tertiary/aromatic N) is 2. The van der Waals surface area contributed by atoms with Gasteiger partial charge in [-0.3, -0.25) is 4.79 Å². The molecule has 4 rings (SSSR count). The van der Waals surface area contributed by atoms with Gasteiger partial charge in [-0.25, -0.2) is 4.98 Å². The monoisotopic (exact) mass is 354 g/mol. The molecule has 126 valence electrons. The predicted molar refractivity (Wildman–Crippen MR) is 91.9 cm³/mol. The van der Waals surface area contributed by atoms with Crippen LogP contribution in [0.4, 0.5) is 0 Å². The molecule has 3 heterocycles. The highest BCUT2D eigenvalue weighted by Crippen LogP contribution is 2.23. The van der Waals surface area contributed by atoms with Gasteiger partial charge in [-0.1, -0.05) is 17.3 Å². The van der Waals surface area contributed by atoms with Crippen LogP contribution in [0.15, 0.2) is 57.7 Å². The van der Waals surface area contributed by atoms with E-state index in [1.54, 1.807) is 35.8 Å². The first-order chi connectivity index (χ1) is 12.3. The summed E-state index contributed by atoms with van der Waals surface area (Å²) in [6.07, 6.45) is 2.40. The third kappa shape index (κ3) is 3.61. The van der Waals surface area contributed by atoms with Crippen LogP contribution >= 0.6 is 11.3 Å². The lowest BCUT2D eigenvalue weighted by Crippen LogP contribution is -2.06. The van der Waals surface area contributed by atoms with E-state index >= 15 is 0 Å². The molecule has 0 saturated carbocycles. The number of carbonyl (C=O) groups excluding carboxylic acids is 1. The van der Waals surface area contributed by atoms with Crippen molar-refractivity contribution in [3.8, 4) is 11.5 Å². The fraction of sp³-hybridized carbons (Fsp3) is 0.167. The zero-order chi connectivity index (χ0) is 17.1. The van der Waals surface area contributed by atoms with Crippen LogP contribution in [-0.2, 0) is 22.6 Å². The third-order valence-electron chi connectivity index (χ3n) is 3.59. The number of thiazole rings is 1. The van der Waals surface area contributed by atoms with Crippen LogP contribution in [-0.4, -0.2) is 16.1 Å². The van der Waals surface area contributed by atoms with Crippen LogP contribution in [0.1, 0.15) is 17.1 Å². The van der Waals surface area contributed by atoms with Gasteiger partial charge in [0.1, 0.15) is 12.3 Å².